The van der Waals surface area contributed by atoms with Gasteiger partial charge in [0.1, 0.15) is 5.92 Å². The van der Waals surface area contributed by atoms with Crippen LogP contribution in [0.1, 0.15) is 20.3 Å². The molecule has 1 N–H and O–H groups in total. The fourth-order valence-corrected chi connectivity index (χ4v) is 1.83. The molecule has 1 heterocycles. The lowest BCUT2D eigenvalue weighted by molar-refractivity contribution is -0.150. The summed E-state index contributed by atoms with van der Waals surface area (Å²) in [6, 6.07) is 0. The summed E-state index contributed by atoms with van der Waals surface area (Å²) < 4.78 is 0. The summed E-state index contributed by atoms with van der Waals surface area (Å²) in [6.07, 6.45) is 0.692. The lowest BCUT2D eigenvalue weighted by atomic mass is 10.1. The number of hydrogen-bond donors (Lipinski definition) is 1. The van der Waals surface area contributed by atoms with Crippen LogP contribution in [0, 0.1) is 5.92 Å². The molecule has 0 aromatic rings. The van der Waals surface area contributed by atoms with Crippen molar-refractivity contribution in [2.45, 2.75) is 20.3 Å². The third-order valence-electron chi connectivity index (χ3n) is 2.99. The van der Waals surface area contributed by atoms with Gasteiger partial charge in [0.25, 0.3) is 0 Å². The van der Waals surface area contributed by atoms with Crippen LogP contribution in [-0.2, 0) is 14.4 Å². The summed E-state index contributed by atoms with van der Waals surface area (Å²) in [7, 11) is 0. The molecule has 1 atom stereocenters. The predicted molar refractivity (Wildman–Crippen MR) is 60.3 cm³/mol. The third-order valence-corrected chi connectivity index (χ3v) is 2.99. The van der Waals surface area contributed by atoms with Crippen LogP contribution >= 0.6 is 0 Å². The molecule has 17 heavy (non-hydrogen) atoms. The van der Waals surface area contributed by atoms with Crippen LogP contribution in [0.4, 0.5) is 0 Å². The molecule has 96 valence electrons. The molecular formula is C11H18N2O4. The Balaban J connectivity index is 2.60. The lowest BCUT2D eigenvalue weighted by Gasteiger charge is -2.22. The molecule has 0 spiro atoms. The highest BCUT2D eigenvalue weighted by molar-refractivity contribution is 5.96. The van der Waals surface area contributed by atoms with Gasteiger partial charge in [-0.2, -0.15) is 0 Å². The average Bonchev–Trinajstić information content (AvgIpc) is 2.52. The first-order valence-corrected chi connectivity index (χ1v) is 5.70. The van der Waals surface area contributed by atoms with E-state index in [4.69, 9.17) is 5.11 Å². The Kier molecular flexibility index (Phi) is 4.48. The third kappa shape index (κ3) is 3.44. The number of aliphatic carboxylic acids is 1. The zero-order valence-corrected chi connectivity index (χ0v) is 10.2. The van der Waals surface area contributed by atoms with Crippen LogP contribution in [0.3, 0.4) is 0 Å². The molecule has 1 aliphatic heterocycles. The van der Waals surface area contributed by atoms with Crippen molar-refractivity contribution in [1.82, 2.24) is 9.80 Å². The number of rotatable bonds is 2. The van der Waals surface area contributed by atoms with Gasteiger partial charge in [0.15, 0.2) is 0 Å². The first-order valence-electron chi connectivity index (χ1n) is 5.70. The van der Waals surface area contributed by atoms with E-state index in [1.54, 1.807) is 4.90 Å². The standard InChI is InChI=1S/C11H18N2O4/c1-8(11(16)17)10(15)13-5-3-4-12(6-7-13)9(2)14/h8H,3-7H2,1-2H3,(H,16,17). The molecule has 0 aromatic heterocycles. The fraction of sp³-hybridized carbons (Fsp3) is 0.727. The summed E-state index contributed by atoms with van der Waals surface area (Å²) in [4.78, 5) is 36.9. The second-order valence-electron chi connectivity index (χ2n) is 4.24. The Labute approximate surface area is 100 Å². The summed E-state index contributed by atoms with van der Waals surface area (Å²) in [6.45, 7) is 4.92. The SMILES string of the molecule is CC(=O)N1CCCN(C(=O)C(C)C(=O)O)CC1. The van der Waals surface area contributed by atoms with Gasteiger partial charge in [-0.1, -0.05) is 0 Å². The van der Waals surface area contributed by atoms with Gasteiger partial charge >= 0.3 is 5.97 Å². The van der Waals surface area contributed by atoms with E-state index in [2.05, 4.69) is 0 Å². The number of carbonyl (C=O) groups is 3. The first-order chi connectivity index (χ1) is 7.93. The van der Waals surface area contributed by atoms with Crippen molar-refractivity contribution in [3.8, 4) is 0 Å². The van der Waals surface area contributed by atoms with Gasteiger partial charge < -0.3 is 14.9 Å². The predicted octanol–water partition coefficient (Wildman–Crippen LogP) is -0.212. The molecule has 2 amide bonds. The maximum Gasteiger partial charge on any atom is 0.315 e. The maximum atomic E-state index is 11.8. The lowest BCUT2D eigenvalue weighted by Crippen LogP contribution is -2.41. The fourth-order valence-electron chi connectivity index (χ4n) is 1.83. The zero-order valence-electron chi connectivity index (χ0n) is 10.2. The Bertz CT molecular complexity index is 329. The van der Waals surface area contributed by atoms with E-state index in [1.807, 2.05) is 0 Å². The molecular weight excluding hydrogens is 224 g/mol. The van der Waals surface area contributed by atoms with Crippen LogP contribution in [-0.4, -0.2) is 58.9 Å². The number of nitrogens with zero attached hydrogens (tertiary/aromatic N) is 2. The van der Waals surface area contributed by atoms with Crippen molar-refractivity contribution >= 4 is 17.8 Å². The van der Waals surface area contributed by atoms with Crippen molar-refractivity contribution in [2.24, 2.45) is 5.92 Å². The summed E-state index contributed by atoms with van der Waals surface area (Å²) in [5.41, 5.74) is 0. The summed E-state index contributed by atoms with van der Waals surface area (Å²) in [5, 5.41) is 8.78. The van der Waals surface area contributed by atoms with E-state index >= 15 is 0 Å². The van der Waals surface area contributed by atoms with Crippen LogP contribution in [0.5, 0.6) is 0 Å². The molecule has 1 saturated heterocycles. The van der Waals surface area contributed by atoms with Crippen molar-refractivity contribution in [3.05, 3.63) is 0 Å². The molecule has 6 nitrogen and oxygen atoms in total. The van der Waals surface area contributed by atoms with Gasteiger partial charge in [-0.15, -0.1) is 0 Å². The minimum atomic E-state index is -1.11. The van der Waals surface area contributed by atoms with E-state index in [1.165, 1.54) is 18.7 Å². The molecule has 0 aliphatic carbocycles. The summed E-state index contributed by atoms with van der Waals surface area (Å²) >= 11 is 0. The number of carbonyl (C=O) groups excluding carboxylic acids is 2. The van der Waals surface area contributed by atoms with Gasteiger partial charge in [0.2, 0.25) is 11.8 Å². The van der Waals surface area contributed by atoms with Gasteiger partial charge in [0.05, 0.1) is 0 Å². The van der Waals surface area contributed by atoms with E-state index in [9.17, 15) is 14.4 Å². The quantitative estimate of drug-likeness (QED) is 0.679. The molecule has 0 bridgehead atoms. The molecule has 1 rings (SSSR count). The van der Waals surface area contributed by atoms with E-state index in [0.717, 1.165) is 0 Å². The molecule has 0 saturated carbocycles. The minimum absolute atomic E-state index is 0.00872. The highest BCUT2D eigenvalue weighted by atomic mass is 16.4. The smallest absolute Gasteiger partial charge is 0.315 e. The first kappa shape index (κ1) is 13.5. The Morgan fingerprint density at radius 3 is 2.12 bits per heavy atom. The molecule has 6 heteroatoms. The van der Waals surface area contributed by atoms with E-state index < -0.39 is 11.9 Å². The van der Waals surface area contributed by atoms with Gasteiger partial charge in [-0.25, -0.2) is 0 Å². The minimum Gasteiger partial charge on any atom is -0.481 e. The molecule has 1 fully saturated rings. The monoisotopic (exact) mass is 242 g/mol. The van der Waals surface area contributed by atoms with Crippen molar-refractivity contribution in [3.63, 3.8) is 0 Å². The highest BCUT2D eigenvalue weighted by Crippen LogP contribution is 2.08. The Morgan fingerprint density at radius 1 is 1.06 bits per heavy atom. The van der Waals surface area contributed by atoms with Gasteiger partial charge in [-0.05, 0) is 13.3 Å². The topological polar surface area (TPSA) is 77.9 Å². The molecule has 0 aromatic carbocycles. The van der Waals surface area contributed by atoms with E-state index in [0.29, 0.717) is 32.6 Å². The van der Waals surface area contributed by atoms with Crippen LogP contribution < -0.4 is 0 Å². The largest absolute Gasteiger partial charge is 0.481 e. The zero-order chi connectivity index (χ0) is 13.0. The second-order valence-corrected chi connectivity index (χ2v) is 4.24. The van der Waals surface area contributed by atoms with Crippen LogP contribution in [0.15, 0.2) is 0 Å². The van der Waals surface area contributed by atoms with Crippen LogP contribution in [0.25, 0.3) is 0 Å². The normalized spacial score (nSPS) is 18.5. The number of carboxylic acid groups (broad SMARTS) is 1. The van der Waals surface area contributed by atoms with Crippen molar-refractivity contribution in [2.75, 3.05) is 26.2 Å². The molecule has 1 unspecified atom stereocenters. The second kappa shape index (κ2) is 5.65. The molecule has 1 aliphatic rings. The van der Waals surface area contributed by atoms with Gasteiger partial charge in [0, 0.05) is 33.1 Å². The van der Waals surface area contributed by atoms with E-state index in [-0.39, 0.29) is 11.8 Å². The number of amides is 2. The van der Waals surface area contributed by atoms with Crippen molar-refractivity contribution < 1.29 is 19.5 Å². The molecule has 0 radical (unpaired) electrons. The highest BCUT2D eigenvalue weighted by Gasteiger charge is 2.27. The Hall–Kier alpha value is -1.59. The Morgan fingerprint density at radius 2 is 1.59 bits per heavy atom. The average molecular weight is 242 g/mol. The number of hydrogen-bond acceptors (Lipinski definition) is 3. The van der Waals surface area contributed by atoms with Crippen LogP contribution in [0.2, 0.25) is 0 Å². The van der Waals surface area contributed by atoms with Gasteiger partial charge in [-0.3, -0.25) is 14.4 Å². The summed E-state index contributed by atoms with van der Waals surface area (Å²) in [5.74, 6) is -2.50. The maximum absolute atomic E-state index is 11.8. The number of carboxylic acids is 1. The van der Waals surface area contributed by atoms with Crippen molar-refractivity contribution in [1.29, 1.82) is 0 Å².